The molecule has 0 radical (unpaired) electrons. The lowest BCUT2D eigenvalue weighted by atomic mass is 10.2. The number of benzene rings is 1. The van der Waals surface area contributed by atoms with E-state index in [1.807, 2.05) is 48.2 Å². The predicted molar refractivity (Wildman–Crippen MR) is 96.9 cm³/mol. The molecule has 3 rings (SSSR count). The number of nitrogens with one attached hydrogen (secondary N) is 1. The van der Waals surface area contributed by atoms with Crippen LogP contribution in [0.1, 0.15) is 16.7 Å². The van der Waals surface area contributed by atoms with Crippen LogP contribution in [0.2, 0.25) is 0 Å². The highest BCUT2D eigenvalue weighted by Crippen LogP contribution is 2.08. The van der Waals surface area contributed by atoms with E-state index in [0.717, 1.165) is 25.5 Å². The van der Waals surface area contributed by atoms with Gasteiger partial charge in [-0.05, 0) is 17.2 Å². The fourth-order valence-electron chi connectivity index (χ4n) is 2.49. The first-order chi connectivity index (χ1) is 11.7. The summed E-state index contributed by atoms with van der Waals surface area (Å²) in [5.74, 6) is 0.973. The molecule has 2 aromatic heterocycles. The van der Waals surface area contributed by atoms with Crippen molar-refractivity contribution in [2.24, 2.45) is 0 Å². The number of hydrogen-bond donors (Lipinski definition) is 1. The zero-order valence-electron chi connectivity index (χ0n) is 14.2. The maximum absolute atomic E-state index is 4.43. The molecule has 2 heterocycles. The van der Waals surface area contributed by atoms with E-state index in [0.29, 0.717) is 0 Å². The van der Waals surface area contributed by atoms with Gasteiger partial charge in [-0.1, -0.05) is 36.4 Å². The molecule has 1 N–H and O–H groups in total. The molecular weight excluding hydrogens is 298 g/mol. The van der Waals surface area contributed by atoms with Gasteiger partial charge >= 0.3 is 0 Å². The van der Waals surface area contributed by atoms with Gasteiger partial charge in [0.2, 0.25) is 0 Å². The third kappa shape index (κ3) is 4.43. The van der Waals surface area contributed by atoms with E-state index in [2.05, 4.69) is 51.9 Å². The van der Waals surface area contributed by atoms with E-state index < -0.39 is 0 Å². The SMILES string of the molecule is CN(C)c1ccc(CNCc2cnn(Cc3ccccc3)c2)cn1. The lowest BCUT2D eigenvalue weighted by molar-refractivity contribution is 0.676. The minimum absolute atomic E-state index is 0.796. The summed E-state index contributed by atoms with van der Waals surface area (Å²) in [6, 6.07) is 14.5. The van der Waals surface area contributed by atoms with Gasteiger partial charge in [-0.25, -0.2) is 4.98 Å². The molecule has 0 unspecified atom stereocenters. The van der Waals surface area contributed by atoms with Crippen molar-refractivity contribution in [1.82, 2.24) is 20.1 Å². The van der Waals surface area contributed by atoms with Crippen molar-refractivity contribution in [3.05, 3.63) is 77.7 Å². The molecule has 0 atom stereocenters. The Hall–Kier alpha value is -2.66. The van der Waals surface area contributed by atoms with Crippen LogP contribution in [-0.4, -0.2) is 28.9 Å². The second kappa shape index (κ2) is 7.75. The molecule has 24 heavy (non-hydrogen) atoms. The maximum atomic E-state index is 4.43. The first-order valence-electron chi connectivity index (χ1n) is 8.09. The minimum Gasteiger partial charge on any atom is -0.363 e. The van der Waals surface area contributed by atoms with E-state index in [9.17, 15) is 0 Å². The average molecular weight is 321 g/mol. The Labute approximate surface area is 143 Å². The smallest absolute Gasteiger partial charge is 0.127 e. The molecule has 0 saturated carbocycles. The van der Waals surface area contributed by atoms with Gasteiger partial charge in [0.25, 0.3) is 0 Å². The molecule has 0 spiro atoms. The van der Waals surface area contributed by atoms with E-state index in [1.54, 1.807) is 0 Å². The number of nitrogens with zero attached hydrogens (tertiary/aromatic N) is 4. The standard InChI is InChI=1S/C19H23N5/c1-23(2)19-9-8-17(12-21-19)10-20-11-18-13-22-24(15-18)14-16-6-4-3-5-7-16/h3-9,12-13,15,20H,10-11,14H2,1-2H3. The van der Waals surface area contributed by atoms with Gasteiger partial charge in [0.1, 0.15) is 5.82 Å². The Morgan fingerprint density at radius 2 is 1.71 bits per heavy atom. The topological polar surface area (TPSA) is 46.0 Å². The van der Waals surface area contributed by atoms with Gasteiger partial charge in [0.15, 0.2) is 0 Å². The van der Waals surface area contributed by atoms with Crippen molar-refractivity contribution in [2.45, 2.75) is 19.6 Å². The molecular formula is C19H23N5. The molecule has 3 aromatic rings. The molecule has 5 heteroatoms. The van der Waals surface area contributed by atoms with Crippen molar-refractivity contribution in [1.29, 1.82) is 0 Å². The van der Waals surface area contributed by atoms with Crippen LogP contribution in [0.4, 0.5) is 5.82 Å². The highest BCUT2D eigenvalue weighted by Gasteiger charge is 2.01. The van der Waals surface area contributed by atoms with Crippen LogP contribution in [0, 0.1) is 0 Å². The third-order valence-corrected chi connectivity index (χ3v) is 3.80. The molecule has 0 aliphatic rings. The summed E-state index contributed by atoms with van der Waals surface area (Å²) < 4.78 is 1.97. The molecule has 0 aliphatic heterocycles. The summed E-state index contributed by atoms with van der Waals surface area (Å²) in [6.45, 7) is 2.39. The monoisotopic (exact) mass is 321 g/mol. The van der Waals surface area contributed by atoms with E-state index in [-0.39, 0.29) is 0 Å². The number of rotatable bonds is 7. The summed E-state index contributed by atoms with van der Waals surface area (Å²) in [5, 5.41) is 7.86. The lowest BCUT2D eigenvalue weighted by Crippen LogP contribution is -2.14. The second-order valence-corrected chi connectivity index (χ2v) is 6.05. The predicted octanol–water partition coefficient (Wildman–Crippen LogP) is 2.68. The number of hydrogen-bond acceptors (Lipinski definition) is 4. The summed E-state index contributed by atoms with van der Waals surface area (Å²) in [5.41, 5.74) is 3.62. The zero-order chi connectivity index (χ0) is 16.8. The average Bonchev–Trinajstić information content (AvgIpc) is 3.03. The molecule has 124 valence electrons. The number of anilines is 1. The van der Waals surface area contributed by atoms with E-state index in [1.165, 1.54) is 16.7 Å². The van der Waals surface area contributed by atoms with E-state index in [4.69, 9.17) is 0 Å². The van der Waals surface area contributed by atoms with Crippen LogP contribution in [0.15, 0.2) is 61.1 Å². The Morgan fingerprint density at radius 1 is 0.917 bits per heavy atom. The van der Waals surface area contributed by atoms with Crippen LogP contribution >= 0.6 is 0 Å². The van der Waals surface area contributed by atoms with Gasteiger partial charge in [-0.2, -0.15) is 5.10 Å². The van der Waals surface area contributed by atoms with E-state index >= 15 is 0 Å². The quantitative estimate of drug-likeness (QED) is 0.727. The Morgan fingerprint density at radius 3 is 2.42 bits per heavy atom. The van der Waals surface area contributed by atoms with Crippen LogP contribution in [0.25, 0.3) is 0 Å². The fraction of sp³-hybridized carbons (Fsp3) is 0.263. The third-order valence-electron chi connectivity index (χ3n) is 3.80. The molecule has 0 saturated heterocycles. The van der Waals surface area contributed by atoms with Crippen LogP contribution in [0.3, 0.4) is 0 Å². The largest absolute Gasteiger partial charge is 0.363 e. The normalized spacial score (nSPS) is 10.8. The van der Waals surface area contributed by atoms with Crippen LogP contribution in [0.5, 0.6) is 0 Å². The Kier molecular flexibility index (Phi) is 5.23. The van der Waals surface area contributed by atoms with Crippen molar-refractivity contribution >= 4 is 5.82 Å². The molecule has 0 fully saturated rings. The summed E-state index contributed by atoms with van der Waals surface area (Å²) in [6.07, 6.45) is 5.93. The highest BCUT2D eigenvalue weighted by molar-refractivity contribution is 5.37. The summed E-state index contributed by atoms with van der Waals surface area (Å²) in [7, 11) is 3.99. The maximum Gasteiger partial charge on any atom is 0.127 e. The number of pyridine rings is 1. The lowest BCUT2D eigenvalue weighted by Gasteiger charge is -2.11. The Balaban J connectivity index is 1.48. The van der Waals surface area contributed by atoms with Crippen molar-refractivity contribution in [3.8, 4) is 0 Å². The molecule has 0 bridgehead atoms. The number of aromatic nitrogens is 3. The van der Waals surface area contributed by atoms with Gasteiger partial charge in [0.05, 0.1) is 12.7 Å². The minimum atomic E-state index is 0.796. The molecule has 1 aromatic carbocycles. The summed E-state index contributed by atoms with van der Waals surface area (Å²) in [4.78, 5) is 6.42. The molecule has 0 aliphatic carbocycles. The van der Waals surface area contributed by atoms with Crippen LogP contribution < -0.4 is 10.2 Å². The fourth-order valence-corrected chi connectivity index (χ4v) is 2.49. The summed E-state index contributed by atoms with van der Waals surface area (Å²) >= 11 is 0. The first-order valence-corrected chi connectivity index (χ1v) is 8.09. The van der Waals surface area contributed by atoms with Gasteiger partial charge < -0.3 is 10.2 Å². The molecule has 0 amide bonds. The Bertz CT molecular complexity index is 747. The zero-order valence-corrected chi connectivity index (χ0v) is 14.2. The van der Waals surface area contributed by atoms with Crippen molar-refractivity contribution in [2.75, 3.05) is 19.0 Å². The van der Waals surface area contributed by atoms with Crippen molar-refractivity contribution in [3.63, 3.8) is 0 Å². The first kappa shape index (κ1) is 16.2. The highest BCUT2D eigenvalue weighted by atomic mass is 15.3. The van der Waals surface area contributed by atoms with Gasteiger partial charge in [-0.15, -0.1) is 0 Å². The molecule has 5 nitrogen and oxygen atoms in total. The second-order valence-electron chi connectivity index (χ2n) is 6.05. The van der Waals surface area contributed by atoms with Gasteiger partial charge in [0, 0.05) is 45.1 Å². The van der Waals surface area contributed by atoms with Gasteiger partial charge in [-0.3, -0.25) is 4.68 Å². The van der Waals surface area contributed by atoms with Crippen molar-refractivity contribution < 1.29 is 0 Å². The van der Waals surface area contributed by atoms with Crippen LogP contribution in [-0.2, 0) is 19.6 Å².